The smallest absolute Gasteiger partial charge is 0.355 e. The second-order valence-electron chi connectivity index (χ2n) is 12.6. The fourth-order valence-electron chi connectivity index (χ4n) is 6.43. The number of hydrogen-bond donors (Lipinski definition) is 1. The van der Waals surface area contributed by atoms with Gasteiger partial charge in [-0.2, -0.15) is 0 Å². The van der Waals surface area contributed by atoms with E-state index in [1.54, 1.807) is 54.6 Å². The van der Waals surface area contributed by atoms with Gasteiger partial charge in [-0.05, 0) is 72.2 Å². The Balaban J connectivity index is 1.09. The van der Waals surface area contributed by atoms with E-state index in [0.29, 0.717) is 34.4 Å². The number of esters is 1. The summed E-state index contributed by atoms with van der Waals surface area (Å²) in [6.45, 7) is 2.09. The molecule has 0 aromatic heterocycles. The van der Waals surface area contributed by atoms with Crippen LogP contribution in [0.25, 0.3) is 0 Å². The van der Waals surface area contributed by atoms with Crippen molar-refractivity contribution in [3.8, 4) is 5.75 Å². The number of anilines is 1. The molecule has 0 unspecified atom stereocenters. The maximum absolute atomic E-state index is 14.4. The number of amides is 2. The highest BCUT2D eigenvalue weighted by Gasteiger charge is 2.53. The van der Waals surface area contributed by atoms with Gasteiger partial charge in [-0.15, -0.1) is 11.8 Å². The lowest BCUT2D eigenvalue weighted by atomic mass is 10.0. The number of ether oxygens (including phenoxy) is 2. The van der Waals surface area contributed by atoms with Crippen molar-refractivity contribution in [2.75, 3.05) is 16.7 Å². The van der Waals surface area contributed by atoms with Crippen molar-refractivity contribution >= 4 is 56.9 Å². The van der Waals surface area contributed by atoms with Crippen molar-refractivity contribution in [3.05, 3.63) is 173 Å². The number of β-lactam (4-membered cyclic amide) rings is 1. The molecule has 7 rings (SSSR count). The maximum Gasteiger partial charge on any atom is 0.355 e. The Hall–Kier alpha value is -5.56. The largest absolute Gasteiger partial charge is 0.492 e. The molecule has 1 N–H and O–H groups in total. The highest BCUT2D eigenvalue weighted by atomic mass is 35.5. The van der Waals surface area contributed by atoms with E-state index in [1.165, 1.54) is 45.2 Å². The number of nitrogens with one attached hydrogen (secondary N) is 1. The van der Waals surface area contributed by atoms with Crippen LogP contribution < -0.4 is 14.4 Å². The lowest BCUT2D eigenvalue weighted by Crippen LogP contribution is -2.70. The average Bonchev–Trinajstić information content (AvgIpc) is 3.22. The van der Waals surface area contributed by atoms with Crippen LogP contribution in [0.2, 0.25) is 5.02 Å². The van der Waals surface area contributed by atoms with Gasteiger partial charge in [-0.25, -0.2) is 13.2 Å². The molecule has 5 aromatic rings. The molecular formula is C42H36ClN3O7S2. The molecule has 2 heterocycles. The van der Waals surface area contributed by atoms with Gasteiger partial charge in [0.2, 0.25) is 0 Å². The Morgan fingerprint density at radius 3 is 2.22 bits per heavy atom. The summed E-state index contributed by atoms with van der Waals surface area (Å²) in [6.07, 6.45) is 0.953. The summed E-state index contributed by atoms with van der Waals surface area (Å²) in [5.41, 5.74) is 2.71. The van der Waals surface area contributed by atoms with Gasteiger partial charge in [-0.3, -0.25) is 18.8 Å². The second kappa shape index (κ2) is 16.4. The van der Waals surface area contributed by atoms with Gasteiger partial charge in [0.05, 0.1) is 23.7 Å². The number of carbonyl (C=O) groups excluding carboxylic acids is 3. The molecule has 5 aromatic carbocycles. The van der Waals surface area contributed by atoms with Crippen LogP contribution in [-0.2, 0) is 30.9 Å². The predicted octanol–water partition coefficient (Wildman–Crippen LogP) is 7.36. The van der Waals surface area contributed by atoms with Crippen LogP contribution >= 0.6 is 23.4 Å². The average molecular weight is 794 g/mol. The monoisotopic (exact) mass is 793 g/mol. The molecule has 1 saturated heterocycles. The molecule has 55 heavy (non-hydrogen) atoms. The predicted molar refractivity (Wildman–Crippen MR) is 212 cm³/mol. The molecule has 0 saturated carbocycles. The maximum atomic E-state index is 14.4. The van der Waals surface area contributed by atoms with Gasteiger partial charge in [-0.1, -0.05) is 103 Å². The lowest BCUT2D eigenvalue weighted by Gasteiger charge is -2.48. The van der Waals surface area contributed by atoms with E-state index >= 15 is 0 Å². The number of halogens is 1. The van der Waals surface area contributed by atoms with E-state index in [-0.39, 0.29) is 22.7 Å². The molecule has 0 aliphatic carbocycles. The number of hydrogen-bond acceptors (Lipinski definition) is 8. The Kier molecular flexibility index (Phi) is 11.3. The Labute approximate surface area is 328 Å². The zero-order valence-corrected chi connectivity index (χ0v) is 32.0. The van der Waals surface area contributed by atoms with Crippen molar-refractivity contribution in [2.24, 2.45) is 0 Å². The summed E-state index contributed by atoms with van der Waals surface area (Å²) in [4.78, 5) is 42.1. The zero-order valence-electron chi connectivity index (χ0n) is 29.6. The minimum absolute atomic E-state index is 0.0406. The number of sulfonamides is 1. The van der Waals surface area contributed by atoms with Crippen LogP contribution in [0.1, 0.15) is 40.1 Å². The zero-order chi connectivity index (χ0) is 38.5. The summed E-state index contributed by atoms with van der Waals surface area (Å²) in [5.74, 6) is -0.986. The summed E-state index contributed by atoms with van der Waals surface area (Å²) in [7, 11) is -4.27. The molecule has 280 valence electrons. The number of rotatable bonds is 13. The minimum atomic E-state index is -4.27. The van der Waals surface area contributed by atoms with E-state index in [9.17, 15) is 22.8 Å². The number of benzene rings is 5. The summed E-state index contributed by atoms with van der Waals surface area (Å²) >= 11 is 7.50. The molecule has 0 radical (unpaired) electrons. The molecule has 0 spiro atoms. The van der Waals surface area contributed by atoms with Crippen LogP contribution in [0.3, 0.4) is 0 Å². The third-order valence-electron chi connectivity index (χ3n) is 9.13. The highest BCUT2D eigenvalue weighted by Crippen LogP contribution is 2.39. The second-order valence-corrected chi connectivity index (χ2v) is 16.1. The fraction of sp³-hybridized carbons (Fsp3) is 0.167. The SMILES string of the molecule is CCOc1ccccc1N(Cc1ccc(Cl)cc1)S(=O)(=O)c1cccc(C(=O)N[C@@H]2C(=O)N3C(C(=O)OC(c4ccccc4)c4ccccc4)=CCS[C@H]23)c1. The topological polar surface area (TPSA) is 122 Å². The molecule has 2 amide bonds. The first-order chi connectivity index (χ1) is 26.7. The van der Waals surface area contributed by atoms with Crippen LogP contribution in [0, 0.1) is 0 Å². The Bertz CT molecular complexity index is 2300. The number of nitrogens with zero attached hydrogens (tertiary/aromatic N) is 2. The van der Waals surface area contributed by atoms with Gasteiger partial charge in [0.25, 0.3) is 21.8 Å². The molecule has 0 bridgehead atoms. The third kappa shape index (κ3) is 7.98. The summed E-state index contributed by atoms with van der Waals surface area (Å²) in [5, 5.41) is 2.72. The van der Waals surface area contributed by atoms with Crippen LogP contribution in [0.5, 0.6) is 5.75 Å². The van der Waals surface area contributed by atoms with Crippen molar-refractivity contribution in [3.63, 3.8) is 0 Å². The molecular weight excluding hydrogens is 758 g/mol. The normalized spacial score (nSPS) is 16.4. The minimum Gasteiger partial charge on any atom is -0.492 e. The number of carbonyl (C=O) groups is 3. The van der Waals surface area contributed by atoms with Crippen LogP contribution in [-0.4, -0.2) is 54.9 Å². The van der Waals surface area contributed by atoms with Crippen molar-refractivity contribution < 1.29 is 32.3 Å². The molecule has 2 atom stereocenters. The van der Waals surface area contributed by atoms with E-state index in [4.69, 9.17) is 21.1 Å². The standard InChI is InChI=1S/C42H36ClN3O7S2/c1-2-52-36-19-10-9-18-34(36)45(27-28-20-22-32(43)23-21-28)55(50,51)33-17-11-16-31(26-33)39(47)44-37-40(48)46-35(24-25-54-41(37)46)42(49)53-38(29-12-5-3-6-13-29)30-14-7-4-8-15-30/h3-24,26,37-38,41H,2,25,27H2,1H3,(H,44,47)/t37-,41-/m1/s1. The summed E-state index contributed by atoms with van der Waals surface area (Å²) in [6, 6.07) is 37.1. The first-order valence-corrected chi connectivity index (χ1v) is 20.4. The molecule has 10 nitrogen and oxygen atoms in total. The van der Waals surface area contributed by atoms with E-state index in [2.05, 4.69) is 5.32 Å². The fourth-order valence-corrected chi connectivity index (χ4v) is 9.26. The van der Waals surface area contributed by atoms with Crippen LogP contribution in [0.4, 0.5) is 5.69 Å². The lowest BCUT2D eigenvalue weighted by molar-refractivity contribution is -0.153. The molecule has 2 aliphatic heterocycles. The number of para-hydroxylation sites is 2. The number of thioether (sulfide) groups is 1. The highest BCUT2D eigenvalue weighted by molar-refractivity contribution is 8.00. The van der Waals surface area contributed by atoms with E-state index in [0.717, 1.165) is 11.1 Å². The Morgan fingerprint density at radius 2 is 1.55 bits per heavy atom. The van der Waals surface area contributed by atoms with Gasteiger partial charge in [0.15, 0.2) is 6.10 Å². The van der Waals surface area contributed by atoms with Crippen molar-refractivity contribution in [1.82, 2.24) is 10.2 Å². The quantitative estimate of drug-likeness (QED) is 0.0970. The van der Waals surface area contributed by atoms with E-state index < -0.39 is 45.3 Å². The van der Waals surface area contributed by atoms with Gasteiger partial charge >= 0.3 is 5.97 Å². The molecule has 2 aliphatic rings. The number of fused-ring (bicyclic) bond motifs is 1. The Morgan fingerprint density at radius 1 is 0.891 bits per heavy atom. The van der Waals surface area contributed by atoms with Crippen molar-refractivity contribution in [1.29, 1.82) is 0 Å². The molecule has 13 heteroatoms. The van der Waals surface area contributed by atoms with Gasteiger partial charge < -0.3 is 14.8 Å². The van der Waals surface area contributed by atoms with E-state index in [1.807, 2.05) is 67.6 Å². The summed E-state index contributed by atoms with van der Waals surface area (Å²) < 4.78 is 41.9. The first kappa shape index (κ1) is 37.7. The van der Waals surface area contributed by atoms with Gasteiger partial charge in [0, 0.05) is 16.3 Å². The van der Waals surface area contributed by atoms with Crippen molar-refractivity contribution in [2.45, 2.75) is 35.9 Å². The first-order valence-electron chi connectivity index (χ1n) is 17.5. The molecule has 1 fully saturated rings. The van der Waals surface area contributed by atoms with Crippen LogP contribution in [0.15, 0.2) is 150 Å². The van der Waals surface area contributed by atoms with Gasteiger partial charge in [0.1, 0.15) is 22.9 Å². The third-order valence-corrected chi connectivity index (χ3v) is 12.3.